The first-order valence-corrected chi connectivity index (χ1v) is 5.28. The molecule has 2 N–H and O–H groups in total. The number of aromatic nitrogens is 3. The third-order valence-corrected chi connectivity index (χ3v) is 2.26. The van der Waals surface area contributed by atoms with Crippen molar-refractivity contribution >= 4 is 0 Å². The van der Waals surface area contributed by atoms with Crippen molar-refractivity contribution in [2.75, 3.05) is 6.61 Å². The minimum absolute atomic E-state index is 0.0554. The van der Waals surface area contributed by atoms with E-state index in [9.17, 15) is 14.4 Å². The lowest BCUT2D eigenvalue weighted by Crippen LogP contribution is -2.44. The number of ether oxygens (including phenoxy) is 1. The number of hydrogen-bond donors (Lipinski definition) is 2. The van der Waals surface area contributed by atoms with Crippen LogP contribution in [0.3, 0.4) is 0 Å². The predicted octanol–water partition coefficient (Wildman–Crippen LogP) is -0.696. The molecule has 1 aromatic carbocycles. The highest BCUT2D eigenvalue weighted by molar-refractivity contribution is 5.20. The molecular formula is C11H11N3O4. The van der Waals surface area contributed by atoms with Crippen molar-refractivity contribution in [1.29, 1.82) is 0 Å². The first-order valence-electron chi connectivity index (χ1n) is 5.28. The molecule has 0 unspecified atom stereocenters. The van der Waals surface area contributed by atoms with Crippen molar-refractivity contribution < 1.29 is 4.74 Å². The Bertz CT molecular complexity index is 649. The molecule has 2 aromatic rings. The number of para-hydroxylation sites is 1. The second kappa shape index (κ2) is 5.17. The highest BCUT2D eigenvalue weighted by Gasteiger charge is 2.02. The molecule has 7 heteroatoms. The number of nitrogens with zero attached hydrogens (tertiary/aromatic N) is 1. The number of rotatable bonds is 4. The normalized spacial score (nSPS) is 10.2. The van der Waals surface area contributed by atoms with E-state index in [0.29, 0.717) is 5.75 Å². The molecule has 1 heterocycles. The van der Waals surface area contributed by atoms with Gasteiger partial charge in [0.15, 0.2) is 0 Å². The predicted molar refractivity (Wildman–Crippen MR) is 63.9 cm³/mol. The quantitative estimate of drug-likeness (QED) is 0.749. The van der Waals surface area contributed by atoms with Crippen LogP contribution in [0.2, 0.25) is 0 Å². The summed E-state index contributed by atoms with van der Waals surface area (Å²) in [5, 5.41) is 0. The zero-order valence-corrected chi connectivity index (χ0v) is 9.38. The van der Waals surface area contributed by atoms with Crippen molar-refractivity contribution in [2.24, 2.45) is 0 Å². The van der Waals surface area contributed by atoms with E-state index < -0.39 is 17.1 Å². The van der Waals surface area contributed by atoms with Crippen LogP contribution < -0.4 is 21.8 Å². The van der Waals surface area contributed by atoms with Crippen LogP contribution >= 0.6 is 0 Å². The fourth-order valence-corrected chi connectivity index (χ4v) is 1.43. The van der Waals surface area contributed by atoms with Crippen molar-refractivity contribution in [3.63, 3.8) is 0 Å². The van der Waals surface area contributed by atoms with Gasteiger partial charge in [-0.15, -0.1) is 0 Å². The van der Waals surface area contributed by atoms with Crippen LogP contribution in [-0.2, 0) is 6.54 Å². The average Bonchev–Trinajstić information content (AvgIpc) is 2.34. The highest BCUT2D eigenvalue weighted by atomic mass is 16.5. The molecule has 0 amide bonds. The van der Waals surface area contributed by atoms with Crippen molar-refractivity contribution in [2.45, 2.75) is 6.54 Å². The maximum Gasteiger partial charge on any atom is 0.333 e. The maximum atomic E-state index is 11.3. The number of hydrogen-bond acceptors (Lipinski definition) is 4. The van der Waals surface area contributed by atoms with Gasteiger partial charge in [-0.25, -0.2) is 19.0 Å². The first-order chi connectivity index (χ1) is 8.66. The molecule has 0 spiro atoms. The third-order valence-electron chi connectivity index (χ3n) is 2.26. The van der Waals surface area contributed by atoms with Gasteiger partial charge in [-0.3, -0.25) is 9.97 Å². The summed E-state index contributed by atoms with van der Waals surface area (Å²) in [6, 6.07) is 9.01. The SMILES string of the molecule is O=c1[nH]c(=O)n(CCOc2ccccc2)c(=O)[nH]1. The lowest BCUT2D eigenvalue weighted by atomic mass is 10.3. The molecule has 0 fully saturated rings. The van der Waals surface area contributed by atoms with Gasteiger partial charge in [0.25, 0.3) is 0 Å². The van der Waals surface area contributed by atoms with Crippen LogP contribution in [0.4, 0.5) is 0 Å². The van der Waals surface area contributed by atoms with E-state index in [2.05, 4.69) is 0 Å². The highest BCUT2D eigenvalue weighted by Crippen LogP contribution is 2.07. The standard InChI is InChI=1S/C11H11N3O4/c15-9-12-10(16)14(11(17)13-9)6-7-18-8-4-2-1-3-5-8/h1-5H,6-7H2,(H2,12,13,15,16,17). The van der Waals surface area contributed by atoms with Crippen LogP contribution in [0.1, 0.15) is 0 Å². The summed E-state index contributed by atoms with van der Waals surface area (Å²) in [6.45, 7) is 0.207. The van der Waals surface area contributed by atoms with Crippen LogP contribution in [0.5, 0.6) is 5.75 Å². The second-order valence-electron chi connectivity index (χ2n) is 3.50. The molecule has 0 aliphatic rings. The zero-order valence-electron chi connectivity index (χ0n) is 9.38. The molecule has 0 atom stereocenters. The van der Waals surface area contributed by atoms with Crippen molar-refractivity contribution in [3.8, 4) is 5.75 Å². The number of nitrogens with one attached hydrogen (secondary N) is 2. The Morgan fingerprint density at radius 3 is 2.22 bits per heavy atom. The van der Waals surface area contributed by atoms with E-state index in [1.54, 1.807) is 12.1 Å². The Morgan fingerprint density at radius 2 is 1.61 bits per heavy atom. The molecule has 18 heavy (non-hydrogen) atoms. The van der Waals surface area contributed by atoms with Crippen molar-refractivity contribution in [3.05, 3.63) is 61.8 Å². The summed E-state index contributed by atoms with van der Waals surface area (Å²) in [5.74, 6) is 0.645. The van der Waals surface area contributed by atoms with E-state index >= 15 is 0 Å². The largest absolute Gasteiger partial charge is 0.492 e. The van der Waals surface area contributed by atoms with E-state index in [-0.39, 0.29) is 13.2 Å². The molecule has 0 aliphatic heterocycles. The number of benzene rings is 1. The summed E-state index contributed by atoms with van der Waals surface area (Å²) >= 11 is 0. The van der Waals surface area contributed by atoms with E-state index in [0.717, 1.165) is 4.57 Å². The Hall–Kier alpha value is -2.57. The molecule has 0 aliphatic carbocycles. The van der Waals surface area contributed by atoms with Crippen LogP contribution in [0.15, 0.2) is 44.7 Å². The minimum atomic E-state index is -0.815. The van der Waals surface area contributed by atoms with E-state index in [4.69, 9.17) is 4.74 Å². The van der Waals surface area contributed by atoms with Gasteiger partial charge in [-0.1, -0.05) is 18.2 Å². The number of aromatic amines is 2. The maximum absolute atomic E-state index is 11.3. The summed E-state index contributed by atoms with van der Waals surface area (Å²) in [5.41, 5.74) is -2.31. The first kappa shape index (κ1) is 11.9. The summed E-state index contributed by atoms with van der Waals surface area (Å²) in [7, 11) is 0. The second-order valence-corrected chi connectivity index (χ2v) is 3.50. The Balaban J connectivity index is 2.06. The minimum Gasteiger partial charge on any atom is -0.492 e. The summed E-state index contributed by atoms with van der Waals surface area (Å²) in [6.07, 6.45) is 0. The molecule has 1 aromatic heterocycles. The van der Waals surface area contributed by atoms with Crippen LogP contribution in [0.25, 0.3) is 0 Å². The third kappa shape index (κ3) is 2.76. The van der Waals surface area contributed by atoms with Gasteiger partial charge in [0.1, 0.15) is 12.4 Å². The van der Waals surface area contributed by atoms with Gasteiger partial charge < -0.3 is 4.74 Å². The number of H-pyrrole nitrogens is 2. The Kier molecular flexibility index (Phi) is 3.42. The zero-order chi connectivity index (χ0) is 13.0. The summed E-state index contributed by atoms with van der Waals surface area (Å²) < 4.78 is 6.21. The Labute approximate surface area is 101 Å². The van der Waals surface area contributed by atoms with Crippen molar-refractivity contribution in [1.82, 2.24) is 14.5 Å². The monoisotopic (exact) mass is 249 g/mol. The lowest BCUT2D eigenvalue weighted by molar-refractivity contribution is 0.292. The van der Waals surface area contributed by atoms with Gasteiger partial charge in [0.2, 0.25) is 0 Å². The lowest BCUT2D eigenvalue weighted by Gasteiger charge is -2.06. The van der Waals surface area contributed by atoms with E-state index in [1.807, 2.05) is 28.2 Å². The molecule has 0 saturated heterocycles. The Morgan fingerprint density at radius 1 is 1.00 bits per heavy atom. The van der Waals surface area contributed by atoms with Gasteiger partial charge in [0, 0.05) is 0 Å². The fourth-order valence-electron chi connectivity index (χ4n) is 1.43. The van der Waals surface area contributed by atoms with Gasteiger partial charge in [0.05, 0.1) is 6.54 Å². The van der Waals surface area contributed by atoms with Gasteiger partial charge in [-0.2, -0.15) is 0 Å². The van der Waals surface area contributed by atoms with Crippen LogP contribution in [0, 0.1) is 0 Å². The fraction of sp³-hybridized carbons (Fsp3) is 0.182. The molecule has 0 bridgehead atoms. The molecule has 0 radical (unpaired) electrons. The smallest absolute Gasteiger partial charge is 0.333 e. The molecule has 94 valence electrons. The van der Waals surface area contributed by atoms with Crippen LogP contribution in [-0.4, -0.2) is 21.1 Å². The van der Waals surface area contributed by atoms with Gasteiger partial charge >= 0.3 is 17.1 Å². The summed E-state index contributed by atoms with van der Waals surface area (Å²) in [4.78, 5) is 37.4. The van der Waals surface area contributed by atoms with Gasteiger partial charge in [-0.05, 0) is 12.1 Å². The molecule has 0 saturated carbocycles. The topological polar surface area (TPSA) is 96.9 Å². The van der Waals surface area contributed by atoms with E-state index in [1.165, 1.54) is 0 Å². The average molecular weight is 249 g/mol. The molecule has 2 rings (SSSR count). The molecule has 7 nitrogen and oxygen atoms in total. The molecular weight excluding hydrogens is 238 g/mol.